The van der Waals surface area contributed by atoms with Gasteiger partial charge in [0.1, 0.15) is 6.54 Å². The highest BCUT2D eigenvalue weighted by atomic mass is 16.2. The molecular weight excluding hydrogens is 354 g/mol. The maximum absolute atomic E-state index is 12.7. The highest BCUT2D eigenvalue weighted by Gasteiger charge is 2.23. The molecule has 0 atom stereocenters. The van der Waals surface area contributed by atoms with Gasteiger partial charge >= 0.3 is 0 Å². The van der Waals surface area contributed by atoms with Gasteiger partial charge in [0.2, 0.25) is 5.91 Å². The van der Waals surface area contributed by atoms with Crippen molar-refractivity contribution in [2.75, 3.05) is 13.1 Å². The summed E-state index contributed by atoms with van der Waals surface area (Å²) >= 11 is 0. The Kier molecular flexibility index (Phi) is 5.32. The standard InChI is InChI=1S/C21H23N5O2/c27-20-8-7-19(25-12-4-11-22-25)23-26(20)16-21(28)24-13-9-18(10-14-24)15-17-5-2-1-3-6-17/h1-8,11-12,18H,9-10,13-16H2. The van der Waals surface area contributed by atoms with Crippen molar-refractivity contribution in [3.05, 3.63) is 76.8 Å². The fraction of sp³-hybridized carbons (Fsp3) is 0.333. The number of carbonyl (C=O) groups is 1. The van der Waals surface area contributed by atoms with Crippen LogP contribution in [-0.4, -0.2) is 43.5 Å². The minimum Gasteiger partial charge on any atom is -0.341 e. The number of amides is 1. The first-order valence-electron chi connectivity index (χ1n) is 9.59. The molecule has 7 heteroatoms. The van der Waals surface area contributed by atoms with Gasteiger partial charge in [-0.15, -0.1) is 5.10 Å². The number of aromatic nitrogens is 4. The van der Waals surface area contributed by atoms with E-state index in [9.17, 15) is 9.59 Å². The van der Waals surface area contributed by atoms with Crippen molar-refractivity contribution in [2.24, 2.45) is 5.92 Å². The van der Waals surface area contributed by atoms with Gasteiger partial charge in [-0.1, -0.05) is 30.3 Å². The summed E-state index contributed by atoms with van der Waals surface area (Å²) in [5.74, 6) is 1.04. The third kappa shape index (κ3) is 4.19. The zero-order valence-corrected chi connectivity index (χ0v) is 15.6. The van der Waals surface area contributed by atoms with Crippen LogP contribution in [0.25, 0.3) is 5.82 Å². The zero-order chi connectivity index (χ0) is 19.3. The average Bonchev–Trinajstić information content (AvgIpc) is 3.26. The van der Waals surface area contributed by atoms with Gasteiger partial charge in [0.05, 0.1) is 0 Å². The van der Waals surface area contributed by atoms with Crippen LogP contribution in [0.15, 0.2) is 65.7 Å². The average molecular weight is 377 g/mol. The van der Waals surface area contributed by atoms with Crippen molar-refractivity contribution in [1.29, 1.82) is 0 Å². The highest BCUT2D eigenvalue weighted by molar-refractivity contribution is 5.76. The summed E-state index contributed by atoms with van der Waals surface area (Å²) in [4.78, 5) is 26.6. The Bertz CT molecular complexity index is 974. The van der Waals surface area contributed by atoms with Crippen molar-refractivity contribution < 1.29 is 4.79 Å². The number of carbonyl (C=O) groups excluding carboxylic acids is 1. The summed E-state index contributed by atoms with van der Waals surface area (Å²) < 4.78 is 2.78. The van der Waals surface area contributed by atoms with Crippen LogP contribution < -0.4 is 5.56 Å². The molecule has 1 aliphatic heterocycles. The molecule has 0 N–H and O–H groups in total. The van der Waals surface area contributed by atoms with E-state index >= 15 is 0 Å². The van der Waals surface area contributed by atoms with Crippen LogP contribution in [-0.2, 0) is 17.8 Å². The minimum atomic E-state index is -0.289. The minimum absolute atomic E-state index is 0.0444. The highest BCUT2D eigenvalue weighted by Crippen LogP contribution is 2.21. The van der Waals surface area contributed by atoms with E-state index in [2.05, 4.69) is 34.5 Å². The van der Waals surface area contributed by atoms with Crippen molar-refractivity contribution in [3.8, 4) is 5.82 Å². The van der Waals surface area contributed by atoms with Gasteiger partial charge in [-0.3, -0.25) is 9.59 Å². The largest absolute Gasteiger partial charge is 0.341 e. The Morgan fingerprint density at radius 1 is 1.04 bits per heavy atom. The lowest BCUT2D eigenvalue weighted by Crippen LogP contribution is -2.42. The Morgan fingerprint density at radius 2 is 1.82 bits per heavy atom. The number of rotatable bonds is 5. The third-order valence-electron chi connectivity index (χ3n) is 5.21. The van der Waals surface area contributed by atoms with Crippen LogP contribution in [0.5, 0.6) is 0 Å². The summed E-state index contributed by atoms with van der Waals surface area (Å²) in [5.41, 5.74) is 1.06. The molecule has 7 nitrogen and oxygen atoms in total. The third-order valence-corrected chi connectivity index (χ3v) is 5.21. The van der Waals surface area contributed by atoms with Gasteiger partial charge < -0.3 is 4.90 Å². The maximum Gasteiger partial charge on any atom is 0.267 e. The summed E-state index contributed by atoms with van der Waals surface area (Å²) in [6, 6.07) is 15.3. The van der Waals surface area contributed by atoms with Gasteiger partial charge in [-0.25, -0.2) is 9.36 Å². The molecular formula is C21H23N5O2. The summed E-state index contributed by atoms with van der Waals surface area (Å²) in [5, 5.41) is 8.39. The zero-order valence-electron chi connectivity index (χ0n) is 15.6. The van der Waals surface area contributed by atoms with Gasteiger partial charge in [-0.2, -0.15) is 5.10 Å². The predicted molar refractivity (Wildman–Crippen MR) is 105 cm³/mol. The Balaban J connectivity index is 1.36. The topological polar surface area (TPSA) is 73.0 Å². The first-order chi connectivity index (χ1) is 13.7. The number of nitrogens with zero attached hydrogens (tertiary/aromatic N) is 5. The molecule has 3 aromatic rings. The predicted octanol–water partition coefficient (Wildman–Crippen LogP) is 1.91. The molecule has 1 fully saturated rings. The van der Waals surface area contributed by atoms with E-state index in [4.69, 9.17) is 0 Å². The molecule has 0 bridgehead atoms. The van der Waals surface area contributed by atoms with Gasteiger partial charge in [0, 0.05) is 31.5 Å². The SMILES string of the molecule is O=C(Cn1nc(-n2cccn2)ccc1=O)N1CCC(Cc2ccccc2)CC1. The van der Waals surface area contributed by atoms with Crippen LogP contribution in [0.3, 0.4) is 0 Å². The second-order valence-electron chi connectivity index (χ2n) is 7.15. The molecule has 1 aromatic carbocycles. The van der Waals surface area contributed by atoms with E-state index in [1.807, 2.05) is 11.0 Å². The molecule has 4 rings (SSSR count). The molecule has 0 aliphatic carbocycles. The van der Waals surface area contributed by atoms with E-state index in [0.717, 1.165) is 32.4 Å². The van der Waals surface area contributed by atoms with E-state index in [1.54, 1.807) is 29.2 Å². The Morgan fingerprint density at radius 3 is 2.54 bits per heavy atom. The molecule has 1 amide bonds. The van der Waals surface area contributed by atoms with Crippen molar-refractivity contribution in [1.82, 2.24) is 24.5 Å². The smallest absolute Gasteiger partial charge is 0.267 e. The fourth-order valence-electron chi connectivity index (χ4n) is 3.64. The van der Waals surface area contributed by atoms with E-state index in [0.29, 0.717) is 11.7 Å². The summed E-state index contributed by atoms with van der Waals surface area (Å²) in [7, 11) is 0. The van der Waals surface area contributed by atoms with Crippen LogP contribution in [0.4, 0.5) is 0 Å². The van der Waals surface area contributed by atoms with Gasteiger partial charge in [-0.05, 0) is 42.9 Å². The molecule has 0 spiro atoms. The van der Waals surface area contributed by atoms with E-state index in [-0.39, 0.29) is 18.0 Å². The number of hydrogen-bond acceptors (Lipinski definition) is 4. The van der Waals surface area contributed by atoms with Crippen LogP contribution in [0.2, 0.25) is 0 Å². The van der Waals surface area contributed by atoms with Crippen LogP contribution in [0.1, 0.15) is 18.4 Å². The van der Waals surface area contributed by atoms with Crippen LogP contribution in [0, 0.1) is 5.92 Å². The number of hydrogen-bond donors (Lipinski definition) is 0. The van der Waals surface area contributed by atoms with Gasteiger partial charge in [0.25, 0.3) is 5.56 Å². The Labute approximate surface area is 163 Å². The fourth-order valence-corrected chi connectivity index (χ4v) is 3.64. The quantitative estimate of drug-likeness (QED) is 0.681. The monoisotopic (exact) mass is 377 g/mol. The number of piperidine rings is 1. The summed E-state index contributed by atoms with van der Waals surface area (Å²) in [6.07, 6.45) is 6.40. The van der Waals surface area contributed by atoms with Crippen molar-refractivity contribution >= 4 is 5.91 Å². The first-order valence-corrected chi connectivity index (χ1v) is 9.59. The molecule has 2 aromatic heterocycles. The molecule has 1 saturated heterocycles. The molecule has 3 heterocycles. The summed E-state index contributed by atoms with van der Waals surface area (Å²) in [6.45, 7) is 1.41. The first kappa shape index (κ1) is 18.2. The lowest BCUT2D eigenvalue weighted by atomic mass is 9.90. The van der Waals surface area contributed by atoms with Gasteiger partial charge in [0.15, 0.2) is 5.82 Å². The van der Waals surface area contributed by atoms with Crippen LogP contribution >= 0.6 is 0 Å². The van der Waals surface area contributed by atoms with E-state index < -0.39 is 0 Å². The molecule has 144 valence electrons. The Hall–Kier alpha value is -3.22. The second-order valence-corrected chi connectivity index (χ2v) is 7.15. The lowest BCUT2D eigenvalue weighted by Gasteiger charge is -2.32. The van der Waals surface area contributed by atoms with E-state index in [1.165, 1.54) is 16.3 Å². The van der Waals surface area contributed by atoms with Crippen molar-refractivity contribution in [2.45, 2.75) is 25.8 Å². The molecule has 28 heavy (non-hydrogen) atoms. The molecule has 0 radical (unpaired) electrons. The number of likely N-dealkylation sites (tertiary alicyclic amines) is 1. The normalized spacial score (nSPS) is 14.9. The molecule has 0 unspecified atom stereocenters. The lowest BCUT2D eigenvalue weighted by molar-refractivity contribution is -0.133. The molecule has 0 saturated carbocycles. The second kappa shape index (κ2) is 8.21. The maximum atomic E-state index is 12.7. The van der Waals surface area contributed by atoms with Crippen molar-refractivity contribution in [3.63, 3.8) is 0 Å². The number of benzene rings is 1. The molecule has 1 aliphatic rings.